The lowest BCUT2D eigenvalue weighted by Gasteiger charge is -2.30. The van der Waals surface area contributed by atoms with Gasteiger partial charge in [-0.3, -0.25) is 4.90 Å². The van der Waals surface area contributed by atoms with E-state index in [2.05, 4.69) is 47.4 Å². The zero-order chi connectivity index (χ0) is 14.2. The van der Waals surface area contributed by atoms with E-state index in [4.69, 9.17) is 0 Å². The Balaban J connectivity index is 1.56. The molecule has 1 N–H and O–H groups in total. The smallest absolute Gasteiger partial charge is 0.0667 e. The first-order valence-electron chi connectivity index (χ1n) is 7.90. The highest BCUT2D eigenvalue weighted by atomic mass is 16.3. The summed E-state index contributed by atoms with van der Waals surface area (Å²) in [4.78, 5) is 2.37. The standard InChI is InChI=1S/C19H21NO/c21-17-5-3-9-20(13-17)12-14-7-8-19-16(10-14)11-15-4-1-2-6-18(15)19/h1-2,4,6-8,10,17,21H,3,5,9,11-13H2/t17-/m0/s1. The molecule has 0 aromatic heterocycles. The van der Waals surface area contributed by atoms with Gasteiger partial charge in [0.05, 0.1) is 6.10 Å². The first-order valence-corrected chi connectivity index (χ1v) is 7.90. The van der Waals surface area contributed by atoms with E-state index in [9.17, 15) is 5.11 Å². The molecule has 2 aliphatic rings. The average molecular weight is 279 g/mol. The zero-order valence-corrected chi connectivity index (χ0v) is 12.3. The van der Waals surface area contributed by atoms with Crippen molar-refractivity contribution in [2.75, 3.05) is 13.1 Å². The Morgan fingerprint density at radius 3 is 2.81 bits per heavy atom. The molecule has 0 unspecified atom stereocenters. The van der Waals surface area contributed by atoms with E-state index in [1.165, 1.54) is 27.8 Å². The molecule has 0 saturated carbocycles. The molecule has 21 heavy (non-hydrogen) atoms. The van der Waals surface area contributed by atoms with E-state index in [0.29, 0.717) is 0 Å². The van der Waals surface area contributed by atoms with Crippen molar-refractivity contribution in [2.24, 2.45) is 0 Å². The van der Waals surface area contributed by atoms with Gasteiger partial charge >= 0.3 is 0 Å². The minimum Gasteiger partial charge on any atom is -0.392 e. The largest absolute Gasteiger partial charge is 0.392 e. The van der Waals surface area contributed by atoms with E-state index in [-0.39, 0.29) is 6.10 Å². The van der Waals surface area contributed by atoms with Crippen LogP contribution >= 0.6 is 0 Å². The van der Waals surface area contributed by atoms with E-state index < -0.39 is 0 Å². The molecular formula is C19H21NO. The third-order valence-corrected chi connectivity index (χ3v) is 4.74. The Morgan fingerprint density at radius 1 is 1.05 bits per heavy atom. The van der Waals surface area contributed by atoms with Crippen LogP contribution in [0.2, 0.25) is 0 Å². The number of likely N-dealkylation sites (tertiary alicyclic amines) is 1. The van der Waals surface area contributed by atoms with Crippen molar-refractivity contribution in [2.45, 2.75) is 31.9 Å². The zero-order valence-electron chi connectivity index (χ0n) is 12.3. The Morgan fingerprint density at radius 2 is 1.90 bits per heavy atom. The molecule has 1 heterocycles. The van der Waals surface area contributed by atoms with Crippen LogP contribution in [0.25, 0.3) is 11.1 Å². The Bertz CT molecular complexity index is 664. The van der Waals surface area contributed by atoms with Gasteiger partial charge in [-0.25, -0.2) is 0 Å². The Labute approximate surface area is 126 Å². The summed E-state index contributed by atoms with van der Waals surface area (Å²) in [5.41, 5.74) is 7.06. The van der Waals surface area contributed by atoms with Crippen molar-refractivity contribution in [3.8, 4) is 11.1 Å². The van der Waals surface area contributed by atoms with Crippen molar-refractivity contribution in [3.05, 3.63) is 59.2 Å². The van der Waals surface area contributed by atoms with Crippen molar-refractivity contribution >= 4 is 0 Å². The highest BCUT2D eigenvalue weighted by Crippen LogP contribution is 2.36. The first-order chi connectivity index (χ1) is 10.3. The highest BCUT2D eigenvalue weighted by Gasteiger charge is 2.20. The maximum Gasteiger partial charge on any atom is 0.0667 e. The number of hydrogen-bond donors (Lipinski definition) is 1. The fraction of sp³-hybridized carbons (Fsp3) is 0.368. The number of hydrogen-bond acceptors (Lipinski definition) is 2. The fourth-order valence-corrected chi connectivity index (χ4v) is 3.73. The summed E-state index contributed by atoms with van der Waals surface area (Å²) in [6.07, 6.45) is 2.98. The maximum absolute atomic E-state index is 9.79. The number of piperidine rings is 1. The number of β-amino-alcohol motifs (C(OH)–C–C–N with tert-alkyl or cyclic N) is 1. The lowest BCUT2D eigenvalue weighted by Crippen LogP contribution is -2.37. The molecule has 1 atom stereocenters. The number of benzene rings is 2. The van der Waals surface area contributed by atoms with Gasteiger partial charge < -0.3 is 5.11 Å². The second-order valence-electron chi connectivity index (χ2n) is 6.36. The summed E-state index contributed by atoms with van der Waals surface area (Å²) in [7, 11) is 0. The second-order valence-corrected chi connectivity index (χ2v) is 6.36. The predicted molar refractivity (Wildman–Crippen MR) is 85.2 cm³/mol. The molecule has 0 radical (unpaired) electrons. The molecule has 1 saturated heterocycles. The first kappa shape index (κ1) is 13.1. The number of nitrogens with zero attached hydrogens (tertiary/aromatic N) is 1. The van der Waals surface area contributed by atoms with Gasteiger partial charge in [0.15, 0.2) is 0 Å². The van der Waals surface area contributed by atoms with E-state index >= 15 is 0 Å². The molecule has 2 aromatic rings. The van der Waals surface area contributed by atoms with E-state index in [1.54, 1.807) is 0 Å². The van der Waals surface area contributed by atoms with Crippen molar-refractivity contribution in [3.63, 3.8) is 0 Å². The molecule has 0 amide bonds. The molecule has 2 aromatic carbocycles. The van der Waals surface area contributed by atoms with Gasteiger partial charge in [-0.05, 0) is 53.6 Å². The predicted octanol–water partition coefficient (Wildman–Crippen LogP) is 3.21. The van der Waals surface area contributed by atoms with Crippen LogP contribution in [0.15, 0.2) is 42.5 Å². The lowest BCUT2D eigenvalue weighted by atomic mass is 10.0. The highest BCUT2D eigenvalue weighted by molar-refractivity contribution is 5.76. The summed E-state index contributed by atoms with van der Waals surface area (Å²) < 4.78 is 0. The molecular weight excluding hydrogens is 258 g/mol. The summed E-state index contributed by atoms with van der Waals surface area (Å²) >= 11 is 0. The summed E-state index contributed by atoms with van der Waals surface area (Å²) in [6, 6.07) is 15.6. The normalized spacial score (nSPS) is 21.1. The molecule has 1 aliphatic heterocycles. The van der Waals surface area contributed by atoms with Gasteiger partial charge in [-0.1, -0.05) is 42.5 Å². The number of fused-ring (bicyclic) bond motifs is 3. The molecule has 0 bridgehead atoms. The lowest BCUT2D eigenvalue weighted by molar-refractivity contribution is 0.0668. The van der Waals surface area contributed by atoms with Crippen LogP contribution in [0.3, 0.4) is 0 Å². The summed E-state index contributed by atoms with van der Waals surface area (Å²) in [6.45, 7) is 2.88. The van der Waals surface area contributed by atoms with Gasteiger partial charge in [0, 0.05) is 13.1 Å². The second kappa shape index (κ2) is 5.28. The fourth-order valence-electron chi connectivity index (χ4n) is 3.73. The topological polar surface area (TPSA) is 23.5 Å². The van der Waals surface area contributed by atoms with Gasteiger partial charge in [0.1, 0.15) is 0 Å². The monoisotopic (exact) mass is 279 g/mol. The Kier molecular flexibility index (Phi) is 3.28. The molecule has 2 heteroatoms. The van der Waals surface area contributed by atoms with Crippen molar-refractivity contribution in [1.82, 2.24) is 4.90 Å². The number of rotatable bonds is 2. The van der Waals surface area contributed by atoms with Gasteiger partial charge in [0.25, 0.3) is 0 Å². The van der Waals surface area contributed by atoms with Crippen molar-refractivity contribution in [1.29, 1.82) is 0 Å². The average Bonchev–Trinajstić information content (AvgIpc) is 2.85. The van der Waals surface area contributed by atoms with E-state index in [1.807, 2.05) is 0 Å². The van der Waals surface area contributed by atoms with Crippen LogP contribution in [0.5, 0.6) is 0 Å². The van der Waals surface area contributed by atoms with Gasteiger partial charge in [-0.15, -0.1) is 0 Å². The SMILES string of the molecule is O[C@H]1CCCN(Cc2ccc3c(c2)Cc2ccccc2-3)C1. The van der Waals surface area contributed by atoms with Crippen molar-refractivity contribution < 1.29 is 5.11 Å². The molecule has 2 nitrogen and oxygen atoms in total. The van der Waals surface area contributed by atoms with Gasteiger partial charge in [-0.2, -0.15) is 0 Å². The minimum atomic E-state index is -0.141. The third kappa shape index (κ3) is 2.50. The van der Waals surface area contributed by atoms with E-state index in [0.717, 1.165) is 38.9 Å². The third-order valence-electron chi connectivity index (χ3n) is 4.74. The molecule has 1 aliphatic carbocycles. The van der Waals surface area contributed by atoms with Crippen LogP contribution in [-0.2, 0) is 13.0 Å². The van der Waals surface area contributed by atoms with Crippen LogP contribution in [0.1, 0.15) is 29.5 Å². The molecule has 0 spiro atoms. The summed E-state index contributed by atoms with van der Waals surface area (Å²) in [5.74, 6) is 0. The quantitative estimate of drug-likeness (QED) is 0.778. The summed E-state index contributed by atoms with van der Waals surface area (Å²) in [5, 5.41) is 9.79. The minimum absolute atomic E-state index is 0.141. The van der Waals surface area contributed by atoms with Crippen LogP contribution in [0.4, 0.5) is 0 Å². The molecule has 108 valence electrons. The maximum atomic E-state index is 9.79. The van der Waals surface area contributed by atoms with Crippen LogP contribution in [-0.4, -0.2) is 29.2 Å². The van der Waals surface area contributed by atoms with Crippen LogP contribution < -0.4 is 0 Å². The Hall–Kier alpha value is -1.64. The van der Waals surface area contributed by atoms with Gasteiger partial charge in [0.2, 0.25) is 0 Å². The molecule has 1 fully saturated rings. The number of aliphatic hydroxyl groups is 1. The number of aliphatic hydroxyl groups excluding tert-OH is 1. The van der Waals surface area contributed by atoms with Crippen LogP contribution in [0, 0.1) is 0 Å². The molecule has 4 rings (SSSR count).